The Labute approximate surface area is 137 Å². The van der Waals surface area contributed by atoms with Crippen LogP contribution in [-0.4, -0.2) is 24.6 Å². The summed E-state index contributed by atoms with van der Waals surface area (Å²) in [4.78, 5) is 8.77. The second kappa shape index (κ2) is 8.17. The first kappa shape index (κ1) is 16.8. The Bertz CT molecular complexity index is 668. The first-order valence-electron chi connectivity index (χ1n) is 7.68. The number of benzene rings is 1. The van der Waals surface area contributed by atoms with Crippen LogP contribution in [0.4, 0.5) is 0 Å². The van der Waals surface area contributed by atoms with Gasteiger partial charge in [0.05, 0.1) is 19.3 Å². The van der Waals surface area contributed by atoms with Crippen molar-refractivity contribution in [3.63, 3.8) is 0 Å². The second-order valence-electron chi connectivity index (χ2n) is 5.41. The lowest BCUT2D eigenvalue weighted by atomic mass is 10.1. The van der Waals surface area contributed by atoms with Gasteiger partial charge in [-0.05, 0) is 25.8 Å². The fraction of sp³-hybridized carbons (Fsp3) is 0.333. The molecule has 1 aromatic carbocycles. The third kappa shape index (κ3) is 4.71. The van der Waals surface area contributed by atoms with Gasteiger partial charge in [0.2, 0.25) is 0 Å². The van der Waals surface area contributed by atoms with Gasteiger partial charge in [-0.3, -0.25) is 4.98 Å². The highest BCUT2D eigenvalue weighted by Crippen LogP contribution is 2.24. The summed E-state index contributed by atoms with van der Waals surface area (Å²) in [6.45, 7) is 5.16. The van der Waals surface area contributed by atoms with Gasteiger partial charge in [0, 0.05) is 23.9 Å². The van der Waals surface area contributed by atoms with Crippen LogP contribution in [0.1, 0.15) is 22.4 Å². The van der Waals surface area contributed by atoms with Gasteiger partial charge >= 0.3 is 0 Å². The summed E-state index contributed by atoms with van der Waals surface area (Å²) in [5.74, 6) is 1.29. The van der Waals surface area contributed by atoms with E-state index < -0.39 is 0 Å². The average Bonchev–Trinajstić information content (AvgIpc) is 2.55. The van der Waals surface area contributed by atoms with E-state index in [-0.39, 0.29) is 0 Å². The van der Waals surface area contributed by atoms with Crippen LogP contribution in [0.25, 0.3) is 0 Å². The number of nitrogens with one attached hydrogen (secondary N) is 1. The third-order valence-electron chi connectivity index (χ3n) is 3.71. The van der Waals surface area contributed by atoms with Gasteiger partial charge in [-0.1, -0.05) is 30.3 Å². The number of ether oxygens (including phenoxy) is 1. The Morgan fingerprint density at radius 2 is 2.00 bits per heavy atom. The first-order valence-corrected chi connectivity index (χ1v) is 7.68. The summed E-state index contributed by atoms with van der Waals surface area (Å²) in [5.41, 5.74) is 10.1. The zero-order valence-electron chi connectivity index (χ0n) is 14.0. The lowest BCUT2D eigenvalue weighted by Gasteiger charge is -2.11. The third-order valence-corrected chi connectivity index (χ3v) is 3.71. The summed E-state index contributed by atoms with van der Waals surface area (Å²) in [5, 5.41) is 3.13. The van der Waals surface area contributed by atoms with Crippen LogP contribution in [0, 0.1) is 13.8 Å². The van der Waals surface area contributed by atoms with Gasteiger partial charge in [-0.25, -0.2) is 4.99 Å². The van der Waals surface area contributed by atoms with Crippen molar-refractivity contribution in [1.82, 2.24) is 10.3 Å². The molecule has 0 fully saturated rings. The predicted octanol–water partition coefficient (Wildman–Crippen LogP) is 2.35. The summed E-state index contributed by atoms with van der Waals surface area (Å²) in [7, 11) is 1.67. The van der Waals surface area contributed by atoms with E-state index in [2.05, 4.69) is 27.4 Å². The molecule has 1 aromatic heterocycles. The maximum atomic E-state index is 5.92. The van der Waals surface area contributed by atoms with Crippen molar-refractivity contribution in [1.29, 1.82) is 0 Å². The Morgan fingerprint density at radius 3 is 2.70 bits per heavy atom. The number of aryl methyl sites for hydroxylation is 1. The second-order valence-corrected chi connectivity index (χ2v) is 5.41. The van der Waals surface area contributed by atoms with Crippen LogP contribution < -0.4 is 15.8 Å². The molecule has 5 heteroatoms. The van der Waals surface area contributed by atoms with Crippen LogP contribution in [0.15, 0.2) is 41.5 Å². The van der Waals surface area contributed by atoms with Gasteiger partial charge in [0.15, 0.2) is 5.96 Å². The van der Waals surface area contributed by atoms with Crippen LogP contribution in [0.5, 0.6) is 5.75 Å². The smallest absolute Gasteiger partial charge is 0.188 e. The largest absolute Gasteiger partial charge is 0.496 e. The van der Waals surface area contributed by atoms with Crippen LogP contribution in [0.3, 0.4) is 0 Å². The van der Waals surface area contributed by atoms with E-state index in [9.17, 15) is 0 Å². The van der Waals surface area contributed by atoms with E-state index >= 15 is 0 Å². The Balaban J connectivity index is 1.90. The van der Waals surface area contributed by atoms with E-state index in [1.807, 2.05) is 32.0 Å². The standard InChI is InChI=1S/C18H24N4O/c1-13-11-21-16(14(2)17(13)23-3)12-22-18(19)20-10-9-15-7-5-4-6-8-15/h4-8,11H,9-10,12H2,1-3H3,(H3,19,20,22). The summed E-state index contributed by atoms with van der Waals surface area (Å²) in [6.07, 6.45) is 2.71. The van der Waals surface area contributed by atoms with E-state index in [0.717, 1.165) is 35.5 Å². The molecule has 1 heterocycles. The summed E-state index contributed by atoms with van der Waals surface area (Å²) < 4.78 is 5.40. The molecule has 0 spiro atoms. The Morgan fingerprint density at radius 1 is 1.26 bits per heavy atom. The molecule has 0 aliphatic carbocycles. The zero-order chi connectivity index (χ0) is 16.7. The molecule has 0 aliphatic heterocycles. The summed E-state index contributed by atoms with van der Waals surface area (Å²) >= 11 is 0. The minimum Gasteiger partial charge on any atom is -0.496 e. The van der Waals surface area contributed by atoms with Crippen molar-refractivity contribution in [3.8, 4) is 5.75 Å². The molecule has 3 N–H and O–H groups in total. The predicted molar refractivity (Wildman–Crippen MR) is 93.7 cm³/mol. The molecule has 0 saturated heterocycles. The molecular weight excluding hydrogens is 288 g/mol. The number of hydrogen-bond donors (Lipinski definition) is 2. The molecule has 0 bridgehead atoms. The number of rotatable bonds is 6. The highest BCUT2D eigenvalue weighted by atomic mass is 16.5. The van der Waals surface area contributed by atoms with Gasteiger partial charge < -0.3 is 15.8 Å². The average molecular weight is 312 g/mol. The number of nitrogens with zero attached hydrogens (tertiary/aromatic N) is 2. The Kier molecular flexibility index (Phi) is 5.97. The molecule has 23 heavy (non-hydrogen) atoms. The zero-order valence-corrected chi connectivity index (χ0v) is 14.0. The number of methoxy groups -OCH3 is 1. The highest BCUT2D eigenvalue weighted by Gasteiger charge is 2.08. The van der Waals surface area contributed by atoms with Gasteiger partial charge in [-0.15, -0.1) is 0 Å². The maximum absolute atomic E-state index is 5.92. The number of aliphatic imine (C=N–C) groups is 1. The minimum absolute atomic E-state index is 0.432. The first-order chi connectivity index (χ1) is 11.1. The Hall–Kier alpha value is -2.56. The number of nitrogens with two attached hydrogens (primary N) is 1. The SMILES string of the molecule is COc1c(C)cnc(CN=C(N)NCCc2ccccc2)c1C. The normalized spacial score (nSPS) is 11.3. The fourth-order valence-electron chi connectivity index (χ4n) is 2.43. The molecule has 2 aromatic rings. The monoisotopic (exact) mass is 312 g/mol. The van der Waals surface area contributed by atoms with Gasteiger partial charge in [0.1, 0.15) is 5.75 Å². The highest BCUT2D eigenvalue weighted by molar-refractivity contribution is 5.77. The summed E-state index contributed by atoms with van der Waals surface area (Å²) in [6, 6.07) is 10.3. The van der Waals surface area contributed by atoms with Crippen molar-refractivity contribution >= 4 is 5.96 Å². The lowest BCUT2D eigenvalue weighted by Crippen LogP contribution is -2.33. The van der Waals surface area contributed by atoms with Crippen molar-refractivity contribution in [2.45, 2.75) is 26.8 Å². The molecule has 0 aliphatic rings. The number of guanidine groups is 1. The number of hydrogen-bond acceptors (Lipinski definition) is 3. The molecule has 0 saturated carbocycles. The van der Waals surface area contributed by atoms with E-state index in [4.69, 9.17) is 10.5 Å². The van der Waals surface area contributed by atoms with Crippen molar-refractivity contribution < 1.29 is 4.74 Å². The van der Waals surface area contributed by atoms with Crippen LogP contribution in [0.2, 0.25) is 0 Å². The quantitative estimate of drug-likeness (QED) is 0.634. The van der Waals surface area contributed by atoms with Gasteiger partial charge in [0.25, 0.3) is 0 Å². The van der Waals surface area contributed by atoms with Crippen LogP contribution in [-0.2, 0) is 13.0 Å². The fourth-order valence-corrected chi connectivity index (χ4v) is 2.43. The molecule has 0 unspecified atom stereocenters. The maximum Gasteiger partial charge on any atom is 0.188 e. The molecule has 0 atom stereocenters. The van der Waals surface area contributed by atoms with E-state index in [1.54, 1.807) is 13.3 Å². The molecule has 2 rings (SSSR count). The lowest BCUT2D eigenvalue weighted by molar-refractivity contribution is 0.407. The molecule has 122 valence electrons. The van der Waals surface area contributed by atoms with Gasteiger partial charge in [-0.2, -0.15) is 0 Å². The van der Waals surface area contributed by atoms with Crippen molar-refractivity contribution in [3.05, 3.63) is 58.9 Å². The topological polar surface area (TPSA) is 72.5 Å². The molecular formula is C18H24N4O. The molecule has 0 amide bonds. The van der Waals surface area contributed by atoms with Crippen LogP contribution >= 0.6 is 0 Å². The van der Waals surface area contributed by atoms with E-state index in [1.165, 1.54) is 5.56 Å². The number of aromatic nitrogens is 1. The van der Waals surface area contributed by atoms with Crippen molar-refractivity contribution in [2.75, 3.05) is 13.7 Å². The number of pyridine rings is 1. The molecule has 0 radical (unpaired) electrons. The molecule has 5 nitrogen and oxygen atoms in total. The minimum atomic E-state index is 0.432. The van der Waals surface area contributed by atoms with Crippen molar-refractivity contribution in [2.24, 2.45) is 10.7 Å². The van der Waals surface area contributed by atoms with E-state index in [0.29, 0.717) is 12.5 Å².